The largest absolute Gasteiger partial charge is 0.299 e. The van der Waals surface area contributed by atoms with Crippen molar-refractivity contribution < 1.29 is 4.79 Å². The summed E-state index contributed by atoms with van der Waals surface area (Å²) in [5, 5.41) is 7.02. The summed E-state index contributed by atoms with van der Waals surface area (Å²) in [4.78, 5) is 25.9. The molecular weight excluding hydrogens is 270 g/mol. The van der Waals surface area contributed by atoms with Crippen LogP contribution in [0.4, 0.5) is 5.82 Å². The SMILES string of the molecule is CN1C(=O)Cc2cc(-c3nc(-n4ccnc4)n[nH]3)cnc21. The third-order valence-corrected chi connectivity index (χ3v) is 3.46. The Kier molecular flexibility index (Phi) is 2.37. The van der Waals surface area contributed by atoms with E-state index in [0.717, 1.165) is 11.1 Å². The number of hydrogen-bond donors (Lipinski definition) is 1. The minimum atomic E-state index is 0.0475. The fourth-order valence-corrected chi connectivity index (χ4v) is 2.34. The Bertz CT molecular complexity index is 821. The number of H-pyrrole nitrogens is 1. The molecule has 0 atom stereocenters. The molecule has 1 N–H and O–H groups in total. The van der Waals surface area contributed by atoms with Gasteiger partial charge < -0.3 is 0 Å². The lowest BCUT2D eigenvalue weighted by Gasteiger charge is -2.08. The van der Waals surface area contributed by atoms with Gasteiger partial charge in [0.2, 0.25) is 5.91 Å². The van der Waals surface area contributed by atoms with Crippen molar-refractivity contribution >= 4 is 11.7 Å². The van der Waals surface area contributed by atoms with Crippen molar-refractivity contribution in [2.75, 3.05) is 11.9 Å². The van der Waals surface area contributed by atoms with Gasteiger partial charge in [0.15, 0.2) is 5.82 Å². The first-order valence-corrected chi connectivity index (χ1v) is 6.39. The highest BCUT2D eigenvalue weighted by atomic mass is 16.2. The molecule has 8 heteroatoms. The van der Waals surface area contributed by atoms with Gasteiger partial charge in [-0.15, -0.1) is 5.10 Å². The second-order valence-electron chi connectivity index (χ2n) is 4.79. The summed E-state index contributed by atoms with van der Waals surface area (Å²) in [5.74, 6) is 1.87. The molecule has 0 bridgehead atoms. The fourth-order valence-electron chi connectivity index (χ4n) is 2.34. The summed E-state index contributed by atoms with van der Waals surface area (Å²) in [6.45, 7) is 0. The molecule has 0 aromatic carbocycles. The Morgan fingerprint density at radius 1 is 1.38 bits per heavy atom. The van der Waals surface area contributed by atoms with Gasteiger partial charge >= 0.3 is 0 Å². The number of nitrogens with zero attached hydrogens (tertiary/aromatic N) is 6. The minimum Gasteiger partial charge on any atom is -0.299 e. The van der Waals surface area contributed by atoms with E-state index in [4.69, 9.17) is 0 Å². The van der Waals surface area contributed by atoms with Gasteiger partial charge in [-0.2, -0.15) is 4.98 Å². The Morgan fingerprint density at radius 3 is 3.10 bits per heavy atom. The average Bonchev–Trinajstić information content (AvgIpc) is 3.20. The summed E-state index contributed by atoms with van der Waals surface area (Å²) in [6.07, 6.45) is 7.11. The number of carbonyl (C=O) groups is 1. The fraction of sp³-hybridized carbons (Fsp3) is 0.154. The molecule has 1 aliphatic rings. The normalized spacial score (nSPS) is 13.8. The number of anilines is 1. The summed E-state index contributed by atoms with van der Waals surface area (Å²) < 4.78 is 1.71. The molecule has 4 rings (SSSR count). The van der Waals surface area contributed by atoms with E-state index < -0.39 is 0 Å². The van der Waals surface area contributed by atoms with Gasteiger partial charge in [-0.05, 0) is 6.07 Å². The van der Waals surface area contributed by atoms with E-state index in [2.05, 4.69) is 25.1 Å². The number of aromatic amines is 1. The van der Waals surface area contributed by atoms with Gasteiger partial charge in [0.25, 0.3) is 5.95 Å². The van der Waals surface area contributed by atoms with Crippen LogP contribution in [0.15, 0.2) is 31.0 Å². The number of aromatic nitrogens is 6. The van der Waals surface area contributed by atoms with E-state index in [1.807, 2.05) is 6.07 Å². The second-order valence-corrected chi connectivity index (χ2v) is 4.79. The maximum Gasteiger partial charge on any atom is 0.254 e. The molecule has 0 spiro atoms. The Balaban J connectivity index is 1.72. The smallest absolute Gasteiger partial charge is 0.254 e. The third-order valence-electron chi connectivity index (χ3n) is 3.46. The van der Waals surface area contributed by atoms with Crippen LogP contribution in [0, 0.1) is 0 Å². The molecule has 8 nitrogen and oxygen atoms in total. The summed E-state index contributed by atoms with van der Waals surface area (Å²) in [6, 6.07) is 1.92. The number of likely N-dealkylation sites (N-methyl/N-ethyl adjacent to an activating group) is 1. The van der Waals surface area contributed by atoms with Crippen molar-refractivity contribution in [2.45, 2.75) is 6.42 Å². The van der Waals surface area contributed by atoms with Crippen molar-refractivity contribution in [1.29, 1.82) is 0 Å². The van der Waals surface area contributed by atoms with E-state index >= 15 is 0 Å². The number of hydrogen-bond acceptors (Lipinski definition) is 5. The number of nitrogens with one attached hydrogen (secondary N) is 1. The van der Waals surface area contributed by atoms with Crippen LogP contribution < -0.4 is 4.90 Å². The minimum absolute atomic E-state index is 0.0475. The van der Waals surface area contributed by atoms with E-state index in [0.29, 0.717) is 24.0 Å². The van der Waals surface area contributed by atoms with Gasteiger partial charge in [0.1, 0.15) is 12.1 Å². The number of imidazole rings is 1. The standard InChI is InChI=1S/C13H11N7O/c1-19-10(21)5-8-4-9(6-15-12(8)19)11-16-13(18-17-11)20-3-2-14-7-20/h2-4,6-7H,5H2,1H3,(H,16,17,18). The van der Waals surface area contributed by atoms with Crippen LogP contribution in [0.25, 0.3) is 17.3 Å². The number of pyridine rings is 1. The maximum absolute atomic E-state index is 11.7. The van der Waals surface area contributed by atoms with E-state index in [-0.39, 0.29) is 5.91 Å². The maximum atomic E-state index is 11.7. The zero-order valence-corrected chi connectivity index (χ0v) is 11.2. The van der Waals surface area contributed by atoms with Crippen molar-refractivity contribution in [3.8, 4) is 17.3 Å². The summed E-state index contributed by atoms with van der Waals surface area (Å²) in [7, 11) is 1.73. The zero-order valence-electron chi connectivity index (χ0n) is 11.2. The van der Waals surface area contributed by atoms with Crippen molar-refractivity contribution in [3.63, 3.8) is 0 Å². The molecule has 4 heterocycles. The van der Waals surface area contributed by atoms with E-state index in [1.165, 1.54) is 0 Å². The third kappa shape index (κ3) is 1.80. The molecule has 1 amide bonds. The highest BCUT2D eigenvalue weighted by molar-refractivity contribution is 6.00. The first-order chi connectivity index (χ1) is 10.2. The summed E-state index contributed by atoms with van der Waals surface area (Å²) in [5.41, 5.74) is 1.70. The van der Waals surface area contributed by atoms with Gasteiger partial charge in [0.05, 0.1) is 6.42 Å². The van der Waals surface area contributed by atoms with Crippen LogP contribution in [0.2, 0.25) is 0 Å². The predicted octanol–water partition coefficient (Wildman–Crippen LogP) is 0.571. The molecule has 0 unspecified atom stereocenters. The van der Waals surface area contributed by atoms with Gasteiger partial charge in [-0.1, -0.05) is 0 Å². The summed E-state index contributed by atoms with van der Waals surface area (Å²) >= 11 is 0. The molecule has 3 aromatic rings. The predicted molar refractivity (Wildman–Crippen MR) is 73.8 cm³/mol. The molecular formula is C13H11N7O. The van der Waals surface area contributed by atoms with E-state index in [9.17, 15) is 4.79 Å². The van der Waals surface area contributed by atoms with Crippen LogP contribution in [-0.2, 0) is 11.2 Å². The molecule has 0 aliphatic carbocycles. The van der Waals surface area contributed by atoms with Crippen LogP contribution in [0.5, 0.6) is 0 Å². The lowest BCUT2D eigenvalue weighted by molar-refractivity contribution is -0.117. The molecule has 1 aliphatic heterocycles. The quantitative estimate of drug-likeness (QED) is 0.741. The highest BCUT2D eigenvalue weighted by Crippen LogP contribution is 2.28. The Labute approximate surface area is 119 Å². The average molecular weight is 281 g/mol. The number of fused-ring (bicyclic) bond motifs is 1. The number of carbonyl (C=O) groups excluding carboxylic acids is 1. The topological polar surface area (TPSA) is 92.6 Å². The lowest BCUT2D eigenvalue weighted by atomic mass is 10.1. The molecule has 104 valence electrons. The molecule has 0 fully saturated rings. The van der Waals surface area contributed by atoms with Crippen molar-refractivity contribution in [1.82, 2.24) is 29.7 Å². The lowest BCUT2D eigenvalue weighted by Crippen LogP contribution is -2.21. The highest BCUT2D eigenvalue weighted by Gasteiger charge is 2.26. The van der Waals surface area contributed by atoms with Crippen molar-refractivity contribution in [2.24, 2.45) is 0 Å². The van der Waals surface area contributed by atoms with Crippen LogP contribution >= 0.6 is 0 Å². The first kappa shape index (κ1) is 11.8. The van der Waals surface area contributed by atoms with Crippen LogP contribution in [0.3, 0.4) is 0 Å². The second kappa shape index (κ2) is 4.23. The molecule has 0 saturated carbocycles. The molecule has 0 radical (unpaired) electrons. The Morgan fingerprint density at radius 2 is 2.29 bits per heavy atom. The van der Waals surface area contributed by atoms with Crippen molar-refractivity contribution in [3.05, 3.63) is 36.5 Å². The molecule has 21 heavy (non-hydrogen) atoms. The monoisotopic (exact) mass is 281 g/mol. The van der Waals surface area contributed by atoms with Gasteiger partial charge in [-0.25, -0.2) is 9.97 Å². The van der Waals surface area contributed by atoms with Crippen LogP contribution in [-0.4, -0.2) is 42.7 Å². The molecule has 3 aromatic heterocycles. The number of rotatable bonds is 2. The molecule has 0 saturated heterocycles. The Hall–Kier alpha value is -3.03. The number of amides is 1. The van der Waals surface area contributed by atoms with Gasteiger partial charge in [0, 0.05) is 36.8 Å². The zero-order chi connectivity index (χ0) is 14.4. The first-order valence-electron chi connectivity index (χ1n) is 6.39. The van der Waals surface area contributed by atoms with E-state index in [1.54, 1.807) is 41.4 Å². The van der Waals surface area contributed by atoms with Crippen LogP contribution in [0.1, 0.15) is 5.56 Å². The van der Waals surface area contributed by atoms with Gasteiger partial charge in [-0.3, -0.25) is 19.4 Å².